The van der Waals surface area contributed by atoms with Crippen molar-refractivity contribution in [1.82, 2.24) is 14.7 Å². The Bertz CT molecular complexity index is 689. The first-order valence-electron chi connectivity index (χ1n) is 7.68. The summed E-state index contributed by atoms with van der Waals surface area (Å²) in [6, 6.07) is 8.29. The number of hydrogen-bond acceptors (Lipinski definition) is 3. The summed E-state index contributed by atoms with van der Waals surface area (Å²) in [4.78, 5) is 13.7. The van der Waals surface area contributed by atoms with Crippen molar-refractivity contribution in [1.29, 1.82) is 0 Å². The molecule has 22 heavy (non-hydrogen) atoms. The van der Waals surface area contributed by atoms with Crippen LogP contribution in [-0.2, 0) is 19.5 Å². The van der Waals surface area contributed by atoms with Crippen LogP contribution in [0.25, 0.3) is 0 Å². The molecule has 2 heterocycles. The van der Waals surface area contributed by atoms with E-state index in [2.05, 4.69) is 48.1 Å². The zero-order valence-electron chi connectivity index (χ0n) is 13.0. The van der Waals surface area contributed by atoms with Crippen LogP contribution in [0.4, 0.5) is 0 Å². The van der Waals surface area contributed by atoms with Crippen LogP contribution in [0.3, 0.4) is 0 Å². The van der Waals surface area contributed by atoms with Crippen LogP contribution < -0.4 is 0 Å². The van der Waals surface area contributed by atoms with Crippen LogP contribution in [0.5, 0.6) is 0 Å². The zero-order valence-corrected chi connectivity index (χ0v) is 13.0. The third-order valence-electron chi connectivity index (χ3n) is 4.32. The summed E-state index contributed by atoms with van der Waals surface area (Å²) in [5, 5.41) is 13.8. The van der Waals surface area contributed by atoms with Gasteiger partial charge in [-0.05, 0) is 19.0 Å². The number of hydrogen-bond donors (Lipinski definition) is 1. The average molecular weight is 299 g/mol. The lowest BCUT2D eigenvalue weighted by Crippen LogP contribution is -2.31. The van der Waals surface area contributed by atoms with Gasteiger partial charge in [0.25, 0.3) is 0 Å². The van der Waals surface area contributed by atoms with E-state index < -0.39 is 5.97 Å². The van der Waals surface area contributed by atoms with Gasteiger partial charge in [-0.1, -0.05) is 36.8 Å². The lowest BCUT2D eigenvalue weighted by molar-refractivity contribution is 0.0687. The maximum absolute atomic E-state index is 11.5. The highest BCUT2D eigenvalue weighted by Crippen LogP contribution is 2.23. The van der Waals surface area contributed by atoms with Gasteiger partial charge in [0.15, 0.2) is 5.69 Å². The highest BCUT2D eigenvalue weighted by atomic mass is 16.4. The van der Waals surface area contributed by atoms with E-state index in [0.29, 0.717) is 13.1 Å². The summed E-state index contributed by atoms with van der Waals surface area (Å²) in [5.41, 5.74) is 4.53. The second-order valence-corrected chi connectivity index (χ2v) is 5.84. The molecule has 0 radical (unpaired) electrons. The molecule has 0 unspecified atom stereocenters. The molecule has 0 saturated heterocycles. The van der Waals surface area contributed by atoms with Gasteiger partial charge in [-0.2, -0.15) is 5.10 Å². The van der Waals surface area contributed by atoms with Gasteiger partial charge >= 0.3 is 5.97 Å². The molecule has 0 atom stereocenters. The molecular weight excluding hydrogens is 278 g/mol. The van der Waals surface area contributed by atoms with Gasteiger partial charge in [0.2, 0.25) is 0 Å². The van der Waals surface area contributed by atoms with E-state index in [9.17, 15) is 9.90 Å². The molecule has 2 aromatic rings. The van der Waals surface area contributed by atoms with E-state index in [1.54, 1.807) is 0 Å². The fraction of sp³-hybridized carbons (Fsp3) is 0.412. The van der Waals surface area contributed by atoms with E-state index in [1.165, 1.54) is 5.56 Å². The number of rotatable bonds is 4. The second kappa shape index (κ2) is 5.93. The van der Waals surface area contributed by atoms with Crippen molar-refractivity contribution < 1.29 is 9.90 Å². The third-order valence-corrected chi connectivity index (χ3v) is 4.32. The molecule has 1 aliphatic rings. The van der Waals surface area contributed by atoms with E-state index >= 15 is 0 Å². The van der Waals surface area contributed by atoms with Crippen LogP contribution in [-0.4, -0.2) is 38.8 Å². The van der Waals surface area contributed by atoms with Crippen LogP contribution in [0.1, 0.15) is 39.8 Å². The van der Waals surface area contributed by atoms with E-state index in [-0.39, 0.29) is 5.69 Å². The first-order valence-corrected chi connectivity index (χ1v) is 7.68. The SMILES string of the molecule is CCN1CCc2c(c(C(=O)O)nn2Cc2ccc(C)cc2)C1. The molecule has 0 aliphatic carbocycles. The van der Waals surface area contributed by atoms with Crippen molar-refractivity contribution in [3.8, 4) is 0 Å². The summed E-state index contributed by atoms with van der Waals surface area (Å²) in [7, 11) is 0. The number of nitrogens with zero attached hydrogens (tertiary/aromatic N) is 3. The van der Waals surface area contributed by atoms with Crippen molar-refractivity contribution in [2.45, 2.75) is 33.4 Å². The van der Waals surface area contributed by atoms with Gasteiger partial charge in [0, 0.05) is 30.8 Å². The van der Waals surface area contributed by atoms with Gasteiger partial charge in [0.1, 0.15) is 0 Å². The van der Waals surface area contributed by atoms with Crippen LogP contribution in [0.2, 0.25) is 0 Å². The average Bonchev–Trinajstić information content (AvgIpc) is 2.87. The van der Waals surface area contributed by atoms with Crippen molar-refractivity contribution in [2.75, 3.05) is 13.1 Å². The number of benzene rings is 1. The molecule has 0 saturated carbocycles. The number of carboxylic acid groups (broad SMARTS) is 1. The minimum atomic E-state index is -0.933. The molecule has 0 amide bonds. The van der Waals surface area contributed by atoms with Gasteiger partial charge in [-0.15, -0.1) is 0 Å². The number of carbonyl (C=O) groups is 1. The molecule has 1 aliphatic heterocycles. The topological polar surface area (TPSA) is 58.4 Å². The summed E-state index contributed by atoms with van der Waals surface area (Å²) >= 11 is 0. The molecule has 1 aromatic heterocycles. The van der Waals surface area contributed by atoms with Gasteiger partial charge in [0.05, 0.1) is 6.54 Å². The first kappa shape index (κ1) is 14.8. The molecule has 0 spiro atoms. The Morgan fingerprint density at radius 3 is 2.68 bits per heavy atom. The Morgan fingerprint density at radius 1 is 1.32 bits per heavy atom. The van der Waals surface area contributed by atoms with E-state index in [1.807, 2.05) is 4.68 Å². The molecule has 0 fully saturated rings. The normalized spacial score (nSPS) is 14.8. The fourth-order valence-electron chi connectivity index (χ4n) is 2.99. The quantitative estimate of drug-likeness (QED) is 0.941. The summed E-state index contributed by atoms with van der Waals surface area (Å²) in [6.07, 6.45) is 0.856. The number of aromatic carboxylic acids is 1. The zero-order chi connectivity index (χ0) is 15.7. The molecule has 1 aromatic carbocycles. The Labute approximate surface area is 130 Å². The van der Waals surface area contributed by atoms with Crippen molar-refractivity contribution in [2.24, 2.45) is 0 Å². The Morgan fingerprint density at radius 2 is 2.05 bits per heavy atom. The molecule has 1 N–H and O–H groups in total. The standard InChI is InChI=1S/C17H21N3O2/c1-3-19-9-8-15-14(11-19)16(17(21)22)18-20(15)10-13-6-4-12(2)5-7-13/h4-7H,3,8-11H2,1-2H3,(H,21,22). The molecule has 0 bridgehead atoms. The number of fused-ring (bicyclic) bond motifs is 1. The third kappa shape index (κ3) is 2.76. The molecular formula is C17H21N3O2. The van der Waals surface area contributed by atoms with Crippen molar-refractivity contribution in [3.63, 3.8) is 0 Å². The fourth-order valence-corrected chi connectivity index (χ4v) is 2.99. The minimum Gasteiger partial charge on any atom is -0.476 e. The Balaban J connectivity index is 1.95. The summed E-state index contributed by atoms with van der Waals surface area (Å²) < 4.78 is 1.87. The molecule has 116 valence electrons. The molecule has 3 rings (SSSR count). The predicted molar refractivity (Wildman–Crippen MR) is 84.1 cm³/mol. The van der Waals surface area contributed by atoms with Gasteiger partial charge in [-0.25, -0.2) is 4.79 Å². The van der Waals surface area contributed by atoms with Gasteiger partial charge < -0.3 is 5.11 Å². The lowest BCUT2D eigenvalue weighted by Gasteiger charge is -2.26. The number of aromatic nitrogens is 2. The minimum absolute atomic E-state index is 0.209. The highest BCUT2D eigenvalue weighted by Gasteiger charge is 2.27. The maximum atomic E-state index is 11.5. The maximum Gasteiger partial charge on any atom is 0.356 e. The number of carboxylic acids is 1. The van der Waals surface area contributed by atoms with E-state index in [4.69, 9.17) is 0 Å². The van der Waals surface area contributed by atoms with E-state index in [0.717, 1.165) is 36.3 Å². The van der Waals surface area contributed by atoms with Crippen LogP contribution in [0, 0.1) is 6.92 Å². The Hall–Kier alpha value is -2.14. The monoisotopic (exact) mass is 299 g/mol. The highest BCUT2D eigenvalue weighted by molar-refractivity contribution is 5.87. The predicted octanol–water partition coefficient (Wildman–Crippen LogP) is 2.32. The second-order valence-electron chi connectivity index (χ2n) is 5.84. The van der Waals surface area contributed by atoms with Gasteiger partial charge in [-0.3, -0.25) is 9.58 Å². The van der Waals surface area contributed by atoms with Crippen molar-refractivity contribution in [3.05, 3.63) is 52.3 Å². The number of likely N-dealkylation sites (N-methyl/N-ethyl adjacent to an activating group) is 1. The largest absolute Gasteiger partial charge is 0.476 e. The number of aryl methyl sites for hydroxylation is 1. The molecule has 5 heteroatoms. The first-order chi connectivity index (χ1) is 10.6. The van der Waals surface area contributed by atoms with Crippen LogP contribution >= 0.6 is 0 Å². The molecule has 5 nitrogen and oxygen atoms in total. The van der Waals surface area contributed by atoms with Crippen molar-refractivity contribution >= 4 is 5.97 Å². The summed E-state index contributed by atoms with van der Waals surface area (Å²) in [6.45, 7) is 7.36. The smallest absolute Gasteiger partial charge is 0.356 e. The summed E-state index contributed by atoms with van der Waals surface area (Å²) in [5.74, 6) is -0.933. The lowest BCUT2D eigenvalue weighted by atomic mass is 10.0. The Kier molecular flexibility index (Phi) is 3.98. The van der Waals surface area contributed by atoms with Crippen LogP contribution in [0.15, 0.2) is 24.3 Å².